The third-order valence-electron chi connectivity index (χ3n) is 3.72. The molecule has 3 rings (SSSR count). The fourth-order valence-electron chi connectivity index (χ4n) is 2.54. The van der Waals surface area contributed by atoms with E-state index >= 15 is 0 Å². The van der Waals surface area contributed by atoms with Gasteiger partial charge in [-0.25, -0.2) is 0 Å². The molecule has 1 heterocycles. The van der Waals surface area contributed by atoms with Crippen LogP contribution in [-0.4, -0.2) is 11.8 Å². The predicted octanol–water partition coefficient (Wildman–Crippen LogP) is 3.14. The second-order valence-electron chi connectivity index (χ2n) is 5.63. The average Bonchev–Trinajstić information content (AvgIpc) is 3.04. The summed E-state index contributed by atoms with van der Waals surface area (Å²) in [7, 11) is 0. The Kier molecular flexibility index (Phi) is 4.95. The molecule has 5 heteroatoms. The van der Waals surface area contributed by atoms with E-state index in [4.69, 9.17) is 4.42 Å². The van der Waals surface area contributed by atoms with Crippen LogP contribution in [0.4, 0.5) is 0 Å². The summed E-state index contributed by atoms with van der Waals surface area (Å²) >= 11 is 0. The minimum Gasteiger partial charge on any atom is -0.462 e. The number of carbonyl (C=O) groups is 2. The number of rotatable bonds is 4. The number of nitrogens with one attached hydrogen (secondary N) is 2. The van der Waals surface area contributed by atoms with E-state index in [2.05, 4.69) is 10.9 Å². The molecule has 2 amide bonds. The number of aryl methyl sites for hydroxylation is 1. The average molecular weight is 334 g/mol. The van der Waals surface area contributed by atoms with Gasteiger partial charge in [0.25, 0.3) is 5.91 Å². The third kappa shape index (κ3) is 4.35. The fraction of sp³-hybridized carbons (Fsp3) is 0.100. The van der Waals surface area contributed by atoms with Crippen molar-refractivity contribution in [1.29, 1.82) is 0 Å². The first kappa shape index (κ1) is 16.5. The summed E-state index contributed by atoms with van der Waals surface area (Å²) in [4.78, 5) is 23.8. The Morgan fingerprint density at radius 1 is 1.00 bits per heavy atom. The van der Waals surface area contributed by atoms with E-state index < -0.39 is 5.91 Å². The smallest absolute Gasteiger partial charge is 0.262 e. The molecule has 3 aromatic rings. The molecule has 1 aromatic heterocycles. The van der Waals surface area contributed by atoms with E-state index in [1.54, 1.807) is 12.1 Å². The van der Waals surface area contributed by atoms with Gasteiger partial charge >= 0.3 is 0 Å². The van der Waals surface area contributed by atoms with E-state index in [-0.39, 0.29) is 12.3 Å². The van der Waals surface area contributed by atoms with Crippen molar-refractivity contribution in [2.45, 2.75) is 13.3 Å². The molecule has 2 N–H and O–H groups in total. The summed E-state index contributed by atoms with van der Waals surface area (Å²) in [5.41, 5.74) is 5.69. The molecular formula is C20H18N2O3. The van der Waals surface area contributed by atoms with Gasteiger partial charge in [0.1, 0.15) is 11.5 Å². The molecule has 0 spiro atoms. The molecule has 0 fully saturated rings. The minimum atomic E-state index is -0.430. The van der Waals surface area contributed by atoms with Crippen molar-refractivity contribution < 1.29 is 14.0 Å². The predicted molar refractivity (Wildman–Crippen MR) is 96.4 cm³/mol. The van der Waals surface area contributed by atoms with Crippen LogP contribution in [0.3, 0.4) is 0 Å². The van der Waals surface area contributed by atoms with E-state index in [9.17, 15) is 9.59 Å². The SMILES string of the molecule is Cc1ccc(/C=C/C(=O)NNC(=O)Cc2cccc3ccccc23)o1. The standard InChI is InChI=1S/C20H18N2O3/c1-14-9-10-17(25-14)11-12-19(23)21-22-20(24)13-16-7-4-6-15-5-2-3-8-18(15)16/h2-12H,13H2,1H3,(H,21,23)(H,22,24)/b12-11+. The Balaban J connectivity index is 1.55. The van der Waals surface area contributed by atoms with Crippen molar-refractivity contribution in [3.8, 4) is 0 Å². The summed E-state index contributed by atoms with van der Waals surface area (Å²) in [5.74, 6) is 0.630. The van der Waals surface area contributed by atoms with Crippen molar-refractivity contribution in [3.05, 3.63) is 77.8 Å². The Bertz CT molecular complexity index is 936. The van der Waals surface area contributed by atoms with E-state index in [1.807, 2.05) is 55.5 Å². The molecule has 0 radical (unpaired) electrons. The molecule has 0 saturated heterocycles. The number of amides is 2. The van der Waals surface area contributed by atoms with Gasteiger partial charge in [0.05, 0.1) is 6.42 Å². The summed E-state index contributed by atoms with van der Waals surface area (Å²) in [6.45, 7) is 1.82. The highest BCUT2D eigenvalue weighted by Crippen LogP contribution is 2.18. The van der Waals surface area contributed by atoms with Crippen molar-refractivity contribution in [2.24, 2.45) is 0 Å². The molecule has 0 aliphatic carbocycles. The quantitative estimate of drug-likeness (QED) is 0.569. The normalized spacial score (nSPS) is 10.9. The first-order valence-electron chi connectivity index (χ1n) is 7.92. The van der Waals surface area contributed by atoms with Crippen molar-refractivity contribution in [3.63, 3.8) is 0 Å². The maximum Gasteiger partial charge on any atom is 0.262 e. The van der Waals surface area contributed by atoms with Gasteiger partial charge in [-0.15, -0.1) is 0 Å². The first-order chi connectivity index (χ1) is 12.1. The Labute approximate surface area is 145 Å². The zero-order valence-electron chi connectivity index (χ0n) is 13.8. The van der Waals surface area contributed by atoms with Crippen LogP contribution in [0, 0.1) is 6.92 Å². The molecule has 0 aliphatic rings. The lowest BCUT2D eigenvalue weighted by Gasteiger charge is -2.08. The van der Waals surface area contributed by atoms with Crippen molar-refractivity contribution >= 4 is 28.7 Å². The van der Waals surface area contributed by atoms with Gasteiger partial charge in [-0.2, -0.15) is 0 Å². The summed E-state index contributed by atoms with van der Waals surface area (Å²) in [5, 5.41) is 2.10. The second-order valence-corrected chi connectivity index (χ2v) is 5.63. The number of benzene rings is 2. The lowest BCUT2D eigenvalue weighted by atomic mass is 10.0. The summed E-state index contributed by atoms with van der Waals surface area (Å²) < 4.78 is 5.33. The molecule has 2 aromatic carbocycles. The highest BCUT2D eigenvalue weighted by atomic mass is 16.3. The topological polar surface area (TPSA) is 71.3 Å². The largest absolute Gasteiger partial charge is 0.462 e. The zero-order chi connectivity index (χ0) is 17.6. The van der Waals surface area contributed by atoms with Crippen LogP contribution in [0.1, 0.15) is 17.1 Å². The van der Waals surface area contributed by atoms with Crippen molar-refractivity contribution in [2.75, 3.05) is 0 Å². The third-order valence-corrected chi connectivity index (χ3v) is 3.72. The second kappa shape index (κ2) is 7.49. The molecule has 126 valence electrons. The number of hydrogen-bond acceptors (Lipinski definition) is 3. The molecule has 5 nitrogen and oxygen atoms in total. The Hall–Kier alpha value is -3.34. The van der Waals surface area contributed by atoms with Crippen LogP contribution in [0.15, 0.2) is 65.1 Å². The molecule has 0 saturated carbocycles. The maximum absolute atomic E-state index is 12.1. The Morgan fingerprint density at radius 3 is 2.60 bits per heavy atom. The molecule has 0 bridgehead atoms. The number of fused-ring (bicyclic) bond motifs is 1. The van der Waals surface area contributed by atoms with Gasteiger partial charge in [-0.3, -0.25) is 20.4 Å². The van der Waals surface area contributed by atoms with Crippen LogP contribution in [0.5, 0.6) is 0 Å². The van der Waals surface area contributed by atoms with E-state index in [0.29, 0.717) is 5.76 Å². The summed E-state index contributed by atoms with van der Waals surface area (Å²) in [6.07, 6.45) is 3.03. The molecular weight excluding hydrogens is 316 g/mol. The van der Waals surface area contributed by atoms with Gasteiger partial charge in [-0.1, -0.05) is 42.5 Å². The molecule has 25 heavy (non-hydrogen) atoms. The lowest BCUT2D eigenvalue weighted by Crippen LogP contribution is -2.41. The number of furan rings is 1. The van der Waals surface area contributed by atoms with Gasteiger partial charge in [-0.05, 0) is 41.5 Å². The van der Waals surface area contributed by atoms with Crippen molar-refractivity contribution in [1.82, 2.24) is 10.9 Å². The van der Waals surface area contributed by atoms with E-state index in [0.717, 1.165) is 22.1 Å². The lowest BCUT2D eigenvalue weighted by molar-refractivity contribution is -0.126. The number of hydrazine groups is 1. The van der Waals surface area contributed by atoms with Gasteiger partial charge < -0.3 is 4.42 Å². The van der Waals surface area contributed by atoms with Crippen LogP contribution in [0.2, 0.25) is 0 Å². The highest BCUT2D eigenvalue weighted by molar-refractivity contribution is 5.94. The Morgan fingerprint density at radius 2 is 1.80 bits per heavy atom. The minimum absolute atomic E-state index is 0.183. The molecule has 0 aliphatic heterocycles. The van der Waals surface area contributed by atoms with Crippen LogP contribution < -0.4 is 10.9 Å². The summed E-state index contributed by atoms with van der Waals surface area (Å²) in [6, 6.07) is 17.3. The number of carbonyl (C=O) groups excluding carboxylic acids is 2. The van der Waals surface area contributed by atoms with Gasteiger partial charge in [0, 0.05) is 6.08 Å². The fourth-order valence-corrected chi connectivity index (χ4v) is 2.54. The van der Waals surface area contributed by atoms with Gasteiger partial charge in [0.15, 0.2) is 0 Å². The van der Waals surface area contributed by atoms with Gasteiger partial charge in [0.2, 0.25) is 5.91 Å². The van der Waals surface area contributed by atoms with Crippen LogP contribution in [0.25, 0.3) is 16.8 Å². The number of hydrogen-bond donors (Lipinski definition) is 2. The highest BCUT2D eigenvalue weighted by Gasteiger charge is 2.07. The monoisotopic (exact) mass is 334 g/mol. The van der Waals surface area contributed by atoms with Crippen LogP contribution >= 0.6 is 0 Å². The first-order valence-corrected chi connectivity index (χ1v) is 7.92. The molecule has 0 atom stereocenters. The van der Waals surface area contributed by atoms with Crippen LogP contribution in [-0.2, 0) is 16.0 Å². The molecule has 0 unspecified atom stereocenters. The maximum atomic E-state index is 12.1. The van der Waals surface area contributed by atoms with E-state index in [1.165, 1.54) is 6.08 Å². The zero-order valence-corrected chi connectivity index (χ0v) is 13.8.